The van der Waals surface area contributed by atoms with Crippen molar-refractivity contribution >= 4 is 0 Å². The summed E-state index contributed by atoms with van der Waals surface area (Å²) in [6, 6.07) is -0.207. The monoisotopic (exact) mass is 179 g/mol. The van der Waals surface area contributed by atoms with Gasteiger partial charge in [0, 0.05) is 6.04 Å². The van der Waals surface area contributed by atoms with Gasteiger partial charge in [0.1, 0.15) is 0 Å². The summed E-state index contributed by atoms with van der Waals surface area (Å²) in [5.74, 6) is -0.846. The summed E-state index contributed by atoms with van der Waals surface area (Å²) in [4.78, 5) is 0. The Morgan fingerprint density at radius 3 is 1.92 bits per heavy atom. The molecule has 3 aliphatic carbocycles. The zero-order chi connectivity index (χ0) is 8.93. The van der Waals surface area contributed by atoms with Gasteiger partial charge in [-0.25, -0.2) is 0 Å². The third kappa shape index (κ3) is 1.13. The normalized spacial score (nSPS) is 47.0. The largest absolute Gasteiger partial charge is 0.392 e. The molecule has 4 heteroatoms. The van der Waals surface area contributed by atoms with Crippen molar-refractivity contribution in [1.82, 2.24) is 0 Å². The molecule has 3 aliphatic rings. The van der Waals surface area contributed by atoms with Gasteiger partial charge in [0.2, 0.25) is 0 Å². The molecule has 0 amide bonds. The van der Waals surface area contributed by atoms with Crippen LogP contribution < -0.4 is 5.73 Å². The lowest BCUT2D eigenvalue weighted by Crippen LogP contribution is -2.53. The Hall–Kier alpha value is -0.250. The first-order valence-electron chi connectivity index (χ1n) is 4.31. The van der Waals surface area contributed by atoms with Gasteiger partial charge in [-0.15, -0.1) is 0 Å². The maximum atomic E-state index is 12.3. The van der Waals surface area contributed by atoms with E-state index in [9.17, 15) is 13.2 Å². The van der Waals surface area contributed by atoms with Gasteiger partial charge >= 0.3 is 6.18 Å². The van der Waals surface area contributed by atoms with Gasteiger partial charge < -0.3 is 5.73 Å². The minimum atomic E-state index is -4.02. The summed E-state index contributed by atoms with van der Waals surface area (Å²) in [5, 5.41) is 0. The second kappa shape index (κ2) is 2.37. The van der Waals surface area contributed by atoms with Crippen molar-refractivity contribution in [3.8, 4) is 0 Å². The van der Waals surface area contributed by atoms with E-state index >= 15 is 0 Å². The van der Waals surface area contributed by atoms with Crippen LogP contribution in [0.3, 0.4) is 0 Å². The number of hydrogen-bond acceptors (Lipinski definition) is 1. The van der Waals surface area contributed by atoms with Crippen LogP contribution in [0.15, 0.2) is 0 Å². The molecule has 0 saturated heterocycles. The fourth-order valence-electron chi connectivity index (χ4n) is 2.47. The molecule has 0 aromatic carbocycles. The van der Waals surface area contributed by atoms with Gasteiger partial charge in [-0.3, -0.25) is 0 Å². The van der Waals surface area contributed by atoms with Crippen LogP contribution in [0.25, 0.3) is 0 Å². The molecular formula is C8H12F3N. The number of fused-ring (bicyclic) bond motifs is 2. The molecule has 2 N–H and O–H groups in total. The topological polar surface area (TPSA) is 26.0 Å². The molecule has 12 heavy (non-hydrogen) atoms. The van der Waals surface area contributed by atoms with Crippen molar-refractivity contribution in [1.29, 1.82) is 0 Å². The van der Waals surface area contributed by atoms with Crippen LogP contribution >= 0.6 is 0 Å². The zero-order valence-corrected chi connectivity index (χ0v) is 6.64. The highest BCUT2D eigenvalue weighted by Crippen LogP contribution is 2.53. The standard InChI is InChI=1S/C8H12F3N/c9-8(10,11)6-3-7(12)5-1-4(6)2-5/h4-7H,1-3,12H2/t4?,5?,6-,7?/m1/s1. The van der Waals surface area contributed by atoms with Gasteiger partial charge in [-0.1, -0.05) is 0 Å². The van der Waals surface area contributed by atoms with Gasteiger partial charge in [-0.2, -0.15) is 13.2 Å². The lowest BCUT2D eigenvalue weighted by Gasteiger charge is -2.50. The quantitative estimate of drug-likeness (QED) is 0.604. The van der Waals surface area contributed by atoms with Crippen LogP contribution in [-0.2, 0) is 0 Å². The predicted octanol–water partition coefficient (Wildman–Crippen LogP) is 1.92. The van der Waals surface area contributed by atoms with Crippen molar-refractivity contribution in [3.63, 3.8) is 0 Å². The molecule has 3 rings (SSSR count). The van der Waals surface area contributed by atoms with Crippen LogP contribution in [0.2, 0.25) is 0 Å². The van der Waals surface area contributed by atoms with Gasteiger partial charge in [0.05, 0.1) is 5.92 Å². The third-order valence-corrected chi connectivity index (χ3v) is 3.33. The summed E-state index contributed by atoms with van der Waals surface area (Å²) in [6.07, 6.45) is -2.47. The van der Waals surface area contributed by atoms with Crippen molar-refractivity contribution in [2.75, 3.05) is 0 Å². The first-order valence-corrected chi connectivity index (χ1v) is 4.31. The van der Waals surface area contributed by atoms with E-state index in [-0.39, 0.29) is 18.4 Å². The molecule has 2 atom stereocenters. The van der Waals surface area contributed by atoms with Crippen molar-refractivity contribution in [3.05, 3.63) is 0 Å². The average molecular weight is 179 g/mol. The fourth-order valence-corrected chi connectivity index (χ4v) is 2.47. The molecule has 0 spiro atoms. The van der Waals surface area contributed by atoms with Crippen LogP contribution in [-0.4, -0.2) is 12.2 Å². The average Bonchev–Trinajstić information content (AvgIpc) is 1.81. The third-order valence-electron chi connectivity index (χ3n) is 3.33. The van der Waals surface area contributed by atoms with Crippen molar-refractivity contribution in [2.45, 2.75) is 31.5 Å². The highest BCUT2D eigenvalue weighted by molar-refractivity contribution is 4.99. The number of hydrogen-bond donors (Lipinski definition) is 1. The molecule has 0 aromatic heterocycles. The molecule has 1 nitrogen and oxygen atoms in total. The number of nitrogens with two attached hydrogens (primary N) is 1. The summed E-state index contributed by atoms with van der Waals surface area (Å²) in [7, 11) is 0. The highest BCUT2D eigenvalue weighted by Gasteiger charge is 2.54. The Labute approximate surface area is 69.1 Å². The Kier molecular flexibility index (Phi) is 1.65. The maximum Gasteiger partial charge on any atom is 0.392 e. The van der Waals surface area contributed by atoms with Crippen LogP contribution in [0, 0.1) is 17.8 Å². The van der Waals surface area contributed by atoms with E-state index in [4.69, 9.17) is 5.73 Å². The molecule has 3 fully saturated rings. The van der Waals surface area contributed by atoms with Crippen LogP contribution in [0.5, 0.6) is 0 Å². The summed E-state index contributed by atoms with van der Waals surface area (Å²) >= 11 is 0. The van der Waals surface area contributed by atoms with E-state index in [1.54, 1.807) is 0 Å². The molecule has 70 valence electrons. The smallest absolute Gasteiger partial charge is 0.327 e. The van der Waals surface area contributed by atoms with Crippen molar-refractivity contribution < 1.29 is 13.2 Å². The minimum absolute atomic E-state index is 0.116. The minimum Gasteiger partial charge on any atom is -0.327 e. The van der Waals surface area contributed by atoms with E-state index in [0.29, 0.717) is 18.8 Å². The molecule has 1 unspecified atom stereocenters. The summed E-state index contributed by atoms with van der Waals surface area (Å²) in [6.45, 7) is 0. The molecule has 0 heterocycles. The fraction of sp³-hybridized carbons (Fsp3) is 1.00. The van der Waals surface area contributed by atoms with Crippen LogP contribution in [0.1, 0.15) is 19.3 Å². The predicted molar refractivity (Wildman–Crippen MR) is 38.4 cm³/mol. The zero-order valence-electron chi connectivity index (χ0n) is 6.64. The van der Waals surface area contributed by atoms with E-state index in [2.05, 4.69) is 0 Å². The lowest BCUT2D eigenvalue weighted by molar-refractivity contribution is -0.218. The Bertz CT molecular complexity index is 183. The van der Waals surface area contributed by atoms with E-state index in [1.165, 1.54) is 0 Å². The first kappa shape index (κ1) is 8.35. The molecule has 0 aromatic rings. The van der Waals surface area contributed by atoms with Gasteiger partial charge in [-0.05, 0) is 31.1 Å². The molecule has 2 bridgehead atoms. The van der Waals surface area contributed by atoms with Crippen LogP contribution in [0.4, 0.5) is 13.2 Å². The van der Waals surface area contributed by atoms with Crippen molar-refractivity contribution in [2.24, 2.45) is 23.5 Å². The molecule has 0 aliphatic heterocycles. The van der Waals surface area contributed by atoms with Gasteiger partial charge in [0.25, 0.3) is 0 Å². The van der Waals surface area contributed by atoms with E-state index in [0.717, 1.165) is 0 Å². The van der Waals surface area contributed by atoms with E-state index < -0.39 is 12.1 Å². The second-order valence-corrected chi connectivity index (χ2v) is 4.04. The first-order chi connectivity index (χ1) is 5.48. The Morgan fingerprint density at radius 1 is 1.00 bits per heavy atom. The summed E-state index contributed by atoms with van der Waals surface area (Å²) < 4.78 is 37.0. The maximum absolute atomic E-state index is 12.3. The summed E-state index contributed by atoms with van der Waals surface area (Å²) in [5.41, 5.74) is 5.60. The molecule has 3 saturated carbocycles. The lowest BCUT2D eigenvalue weighted by atomic mass is 9.58. The Balaban J connectivity index is 2.07. The second-order valence-electron chi connectivity index (χ2n) is 4.04. The highest BCUT2D eigenvalue weighted by atomic mass is 19.4. The van der Waals surface area contributed by atoms with E-state index in [1.807, 2.05) is 0 Å². The van der Waals surface area contributed by atoms with Gasteiger partial charge in [0.15, 0.2) is 0 Å². The molecule has 0 radical (unpaired) electrons. The molecular weight excluding hydrogens is 167 g/mol. The Morgan fingerprint density at radius 2 is 1.58 bits per heavy atom. The SMILES string of the molecule is NC1C[C@@H](C(F)(F)F)C2CC1C2. The number of alkyl halides is 3. The number of rotatable bonds is 0. The number of halogens is 3.